The Kier molecular flexibility index (Phi) is 3.23. The van der Waals surface area contributed by atoms with E-state index < -0.39 is 0 Å². The summed E-state index contributed by atoms with van der Waals surface area (Å²) in [6.45, 7) is 0. The van der Waals surface area contributed by atoms with Gasteiger partial charge in [-0.25, -0.2) is 0 Å². The maximum Gasteiger partial charge on any atom is 0.0729 e. The van der Waals surface area contributed by atoms with Gasteiger partial charge in [0.25, 0.3) is 0 Å². The fraction of sp³-hybridized carbons (Fsp3) is 1.00. The largest absolute Gasteiger partial charge is 0.373 e. The van der Waals surface area contributed by atoms with Gasteiger partial charge in [-0.15, -0.1) is 0 Å². The van der Waals surface area contributed by atoms with Crippen molar-refractivity contribution in [3.8, 4) is 0 Å². The van der Waals surface area contributed by atoms with Crippen molar-refractivity contribution in [2.45, 2.75) is 69.6 Å². The Balaban J connectivity index is 1.75. The lowest BCUT2D eigenvalue weighted by Crippen LogP contribution is -2.35. The first-order chi connectivity index (χ1) is 6.36. The summed E-state index contributed by atoms with van der Waals surface area (Å²) < 4.78 is 6.04. The second-order valence-electron chi connectivity index (χ2n) is 4.53. The van der Waals surface area contributed by atoms with Crippen LogP contribution in [0.1, 0.15) is 51.4 Å². The highest BCUT2D eigenvalue weighted by molar-refractivity contribution is 4.82. The normalized spacial score (nSPS) is 36.7. The van der Waals surface area contributed by atoms with Crippen molar-refractivity contribution in [2.75, 3.05) is 0 Å². The smallest absolute Gasteiger partial charge is 0.0729 e. The van der Waals surface area contributed by atoms with Crippen LogP contribution in [0.3, 0.4) is 0 Å². The van der Waals surface area contributed by atoms with Crippen molar-refractivity contribution in [2.24, 2.45) is 5.73 Å². The third-order valence-corrected chi connectivity index (χ3v) is 3.42. The number of ether oxygens (including phenoxy) is 1. The second-order valence-corrected chi connectivity index (χ2v) is 4.53. The first-order valence-electron chi connectivity index (χ1n) is 5.77. The first kappa shape index (κ1) is 9.47. The Labute approximate surface area is 80.8 Å². The molecule has 2 nitrogen and oxygen atoms in total. The van der Waals surface area contributed by atoms with Crippen LogP contribution in [0.15, 0.2) is 0 Å². The molecule has 2 heteroatoms. The quantitative estimate of drug-likeness (QED) is 0.712. The number of nitrogens with two attached hydrogens (primary N) is 1. The van der Waals surface area contributed by atoms with Crippen LogP contribution in [0.25, 0.3) is 0 Å². The molecule has 13 heavy (non-hydrogen) atoms. The van der Waals surface area contributed by atoms with E-state index in [0.717, 1.165) is 6.42 Å². The molecule has 2 fully saturated rings. The van der Waals surface area contributed by atoms with Gasteiger partial charge < -0.3 is 10.5 Å². The molecule has 0 aromatic rings. The Morgan fingerprint density at radius 2 is 1.62 bits per heavy atom. The lowest BCUT2D eigenvalue weighted by Gasteiger charge is -2.27. The van der Waals surface area contributed by atoms with Gasteiger partial charge in [-0.2, -0.15) is 0 Å². The molecule has 0 amide bonds. The van der Waals surface area contributed by atoms with Crippen LogP contribution in [0.5, 0.6) is 0 Å². The van der Waals surface area contributed by atoms with Crippen molar-refractivity contribution >= 4 is 0 Å². The molecule has 0 saturated heterocycles. The Hall–Kier alpha value is -0.0800. The molecule has 0 spiro atoms. The van der Waals surface area contributed by atoms with Gasteiger partial charge in [0.05, 0.1) is 12.2 Å². The highest BCUT2D eigenvalue weighted by Crippen LogP contribution is 2.27. The van der Waals surface area contributed by atoms with Crippen LogP contribution in [-0.4, -0.2) is 18.2 Å². The maximum absolute atomic E-state index is 6.04. The third kappa shape index (κ3) is 2.44. The Morgan fingerprint density at radius 1 is 0.846 bits per heavy atom. The van der Waals surface area contributed by atoms with E-state index in [-0.39, 0.29) is 0 Å². The summed E-state index contributed by atoms with van der Waals surface area (Å²) in [6.07, 6.45) is 11.2. The summed E-state index contributed by atoms with van der Waals surface area (Å²) in [4.78, 5) is 0. The highest BCUT2D eigenvalue weighted by atomic mass is 16.5. The van der Waals surface area contributed by atoms with E-state index in [9.17, 15) is 0 Å². The molecular formula is C11H21NO. The molecule has 2 unspecified atom stereocenters. The minimum absolute atomic E-state index is 0.321. The highest BCUT2D eigenvalue weighted by Gasteiger charge is 2.27. The van der Waals surface area contributed by atoms with Gasteiger partial charge in [-0.3, -0.25) is 0 Å². The monoisotopic (exact) mass is 183 g/mol. The van der Waals surface area contributed by atoms with Crippen molar-refractivity contribution < 1.29 is 4.74 Å². The van der Waals surface area contributed by atoms with E-state index in [0.29, 0.717) is 18.2 Å². The van der Waals surface area contributed by atoms with Crippen LogP contribution in [0.4, 0.5) is 0 Å². The Bertz CT molecular complexity index is 154. The third-order valence-electron chi connectivity index (χ3n) is 3.42. The summed E-state index contributed by atoms with van der Waals surface area (Å²) in [5.41, 5.74) is 5.97. The predicted octanol–water partition coefficient (Wildman–Crippen LogP) is 2.22. The standard InChI is InChI=1S/C11H21NO/c12-10-7-4-8-11(10)13-9-5-2-1-3-6-9/h9-11H,1-8,12H2. The topological polar surface area (TPSA) is 35.2 Å². The Morgan fingerprint density at radius 3 is 2.23 bits per heavy atom. The van der Waals surface area contributed by atoms with Crippen LogP contribution < -0.4 is 5.73 Å². The van der Waals surface area contributed by atoms with Crippen LogP contribution in [0.2, 0.25) is 0 Å². The van der Waals surface area contributed by atoms with Gasteiger partial charge in [0, 0.05) is 6.04 Å². The zero-order chi connectivity index (χ0) is 9.10. The lowest BCUT2D eigenvalue weighted by molar-refractivity contribution is -0.0325. The lowest BCUT2D eigenvalue weighted by atomic mass is 9.97. The van der Waals surface area contributed by atoms with E-state index in [1.807, 2.05) is 0 Å². The molecule has 2 aliphatic rings. The van der Waals surface area contributed by atoms with Gasteiger partial charge in [0.15, 0.2) is 0 Å². The first-order valence-corrected chi connectivity index (χ1v) is 5.77. The summed E-state index contributed by atoms with van der Waals surface area (Å²) in [7, 11) is 0. The van der Waals surface area contributed by atoms with Crippen LogP contribution in [-0.2, 0) is 4.74 Å². The molecule has 76 valence electrons. The molecule has 2 aliphatic carbocycles. The van der Waals surface area contributed by atoms with Crippen LogP contribution >= 0.6 is 0 Å². The van der Waals surface area contributed by atoms with E-state index in [1.165, 1.54) is 44.9 Å². The predicted molar refractivity (Wildman–Crippen MR) is 53.6 cm³/mol. The van der Waals surface area contributed by atoms with Crippen molar-refractivity contribution in [1.82, 2.24) is 0 Å². The zero-order valence-corrected chi connectivity index (χ0v) is 8.37. The minimum atomic E-state index is 0.321. The number of rotatable bonds is 2. The molecule has 2 rings (SSSR count). The van der Waals surface area contributed by atoms with Crippen molar-refractivity contribution in [1.29, 1.82) is 0 Å². The molecule has 0 heterocycles. The van der Waals surface area contributed by atoms with E-state index >= 15 is 0 Å². The summed E-state index contributed by atoms with van der Waals surface area (Å²) in [5.74, 6) is 0. The minimum Gasteiger partial charge on any atom is -0.373 e. The van der Waals surface area contributed by atoms with Crippen molar-refractivity contribution in [3.63, 3.8) is 0 Å². The molecular weight excluding hydrogens is 162 g/mol. The molecule has 0 aliphatic heterocycles. The van der Waals surface area contributed by atoms with E-state index in [2.05, 4.69) is 0 Å². The van der Waals surface area contributed by atoms with Gasteiger partial charge in [0.2, 0.25) is 0 Å². The molecule has 2 atom stereocenters. The molecule has 0 aromatic carbocycles. The zero-order valence-electron chi connectivity index (χ0n) is 8.37. The van der Waals surface area contributed by atoms with E-state index in [4.69, 9.17) is 10.5 Å². The molecule has 0 radical (unpaired) electrons. The molecule has 0 aromatic heterocycles. The molecule has 0 bridgehead atoms. The number of hydrogen-bond donors (Lipinski definition) is 1. The SMILES string of the molecule is NC1CCCC1OC1CCCCC1. The summed E-state index contributed by atoms with van der Waals surface area (Å²) in [5, 5.41) is 0. The average molecular weight is 183 g/mol. The molecule has 2 N–H and O–H groups in total. The fourth-order valence-corrected chi connectivity index (χ4v) is 2.57. The maximum atomic E-state index is 6.04. The van der Waals surface area contributed by atoms with Crippen LogP contribution in [0, 0.1) is 0 Å². The van der Waals surface area contributed by atoms with Gasteiger partial charge in [-0.1, -0.05) is 19.3 Å². The van der Waals surface area contributed by atoms with Gasteiger partial charge in [-0.05, 0) is 32.1 Å². The van der Waals surface area contributed by atoms with Crippen molar-refractivity contribution in [3.05, 3.63) is 0 Å². The van der Waals surface area contributed by atoms with E-state index in [1.54, 1.807) is 0 Å². The fourth-order valence-electron chi connectivity index (χ4n) is 2.57. The molecule has 2 saturated carbocycles. The summed E-state index contributed by atoms with van der Waals surface area (Å²) in [6, 6.07) is 0.321. The van der Waals surface area contributed by atoms with Gasteiger partial charge >= 0.3 is 0 Å². The average Bonchev–Trinajstić information content (AvgIpc) is 2.54. The second kappa shape index (κ2) is 4.43. The van der Waals surface area contributed by atoms with Gasteiger partial charge in [0.1, 0.15) is 0 Å². The number of hydrogen-bond acceptors (Lipinski definition) is 2. The summed E-state index contributed by atoms with van der Waals surface area (Å²) >= 11 is 0.